The fourth-order valence-corrected chi connectivity index (χ4v) is 3.85. The van der Waals surface area contributed by atoms with Crippen molar-refractivity contribution in [3.05, 3.63) is 23.8 Å². The maximum absolute atomic E-state index is 5.96. The third-order valence-corrected chi connectivity index (χ3v) is 6.03. The van der Waals surface area contributed by atoms with Gasteiger partial charge in [-0.15, -0.1) is 0 Å². The molecular weight excluding hydrogens is 392 g/mol. The molecule has 0 atom stereocenters. The molecule has 31 heavy (non-hydrogen) atoms. The van der Waals surface area contributed by atoms with Crippen LogP contribution in [0.4, 0.5) is 0 Å². The zero-order chi connectivity index (χ0) is 22.5. The van der Waals surface area contributed by atoms with Gasteiger partial charge in [0, 0.05) is 46.9 Å². The Morgan fingerprint density at radius 3 is 2.55 bits per heavy atom. The maximum atomic E-state index is 5.96. The van der Waals surface area contributed by atoms with Crippen molar-refractivity contribution in [3.63, 3.8) is 0 Å². The van der Waals surface area contributed by atoms with E-state index < -0.39 is 0 Å². The second kappa shape index (κ2) is 14.1. The maximum Gasteiger partial charge on any atom is 0.193 e. The number of guanidine groups is 1. The van der Waals surface area contributed by atoms with Crippen molar-refractivity contribution in [2.45, 2.75) is 39.7 Å². The molecule has 0 spiro atoms. The SMILES string of the molecule is CCN(CC)CCOc1ccc(CNC(=NC)N(C)CCC2CCOCC2)cc1OC. The van der Waals surface area contributed by atoms with E-state index in [9.17, 15) is 0 Å². The Balaban J connectivity index is 1.83. The predicted molar refractivity (Wildman–Crippen MR) is 127 cm³/mol. The van der Waals surface area contributed by atoms with Crippen molar-refractivity contribution in [3.8, 4) is 11.5 Å². The Hall–Kier alpha value is -1.99. The number of aliphatic imine (C=N–C) groups is 1. The summed E-state index contributed by atoms with van der Waals surface area (Å²) in [6, 6.07) is 6.11. The Morgan fingerprint density at radius 1 is 1.16 bits per heavy atom. The molecular formula is C24H42N4O3. The molecule has 0 bridgehead atoms. The van der Waals surface area contributed by atoms with Gasteiger partial charge in [-0.05, 0) is 56.0 Å². The van der Waals surface area contributed by atoms with Gasteiger partial charge < -0.3 is 29.3 Å². The minimum Gasteiger partial charge on any atom is -0.493 e. The summed E-state index contributed by atoms with van der Waals surface area (Å²) in [4.78, 5) is 8.99. The van der Waals surface area contributed by atoms with Crippen molar-refractivity contribution >= 4 is 5.96 Å². The van der Waals surface area contributed by atoms with E-state index >= 15 is 0 Å². The summed E-state index contributed by atoms with van der Waals surface area (Å²) in [5.41, 5.74) is 1.13. The number of ether oxygens (including phenoxy) is 3. The van der Waals surface area contributed by atoms with Crippen molar-refractivity contribution in [1.29, 1.82) is 0 Å². The van der Waals surface area contributed by atoms with Crippen LogP contribution in [-0.2, 0) is 11.3 Å². The second-order valence-corrected chi connectivity index (χ2v) is 8.03. The summed E-state index contributed by atoms with van der Waals surface area (Å²) in [6.45, 7) is 11.5. The average Bonchev–Trinajstić information content (AvgIpc) is 2.82. The van der Waals surface area contributed by atoms with Gasteiger partial charge in [0.2, 0.25) is 0 Å². The van der Waals surface area contributed by atoms with E-state index in [0.717, 1.165) is 68.3 Å². The normalized spacial score (nSPS) is 15.2. The Kier molecular flexibility index (Phi) is 11.5. The Bertz CT molecular complexity index is 658. The molecule has 0 unspecified atom stereocenters. The molecule has 0 radical (unpaired) electrons. The molecule has 0 saturated carbocycles. The van der Waals surface area contributed by atoms with Gasteiger partial charge in [-0.1, -0.05) is 19.9 Å². The lowest BCUT2D eigenvalue weighted by atomic mass is 9.96. The van der Waals surface area contributed by atoms with E-state index in [2.05, 4.69) is 47.1 Å². The zero-order valence-electron chi connectivity index (χ0n) is 20.2. The van der Waals surface area contributed by atoms with Crippen LogP contribution < -0.4 is 14.8 Å². The van der Waals surface area contributed by atoms with Crippen molar-refractivity contribution in [2.75, 3.05) is 67.2 Å². The van der Waals surface area contributed by atoms with E-state index in [1.165, 1.54) is 19.3 Å². The van der Waals surface area contributed by atoms with E-state index in [0.29, 0.717) is 13.2 Å². The largest absolute Gasteiger partial charge is 0.493 e. The van der Waals surface area contributed by atoms with Crippen LogP contribution in [0.3, 0.4) is 0 Å². The molecule has 176 valence electrons. The van der Waals surface area contributed by atoms with Gasteiger partial charge >= 0.3 is 0 Å². The van der Waals surface area contributed by atoms with Gasteiger partial charge in [-0.25, -0.2) is 0 Å². The monoisotopic (exact) mass is 434 g/mol. The predicted octanol–water partition coefficient (Wildman–Crippen LogP) is 3.24. The molecule has 7 nitrogen and oxygen atoms in total. The van der Waals surface area contributed by atoms with E-state index in [4.69, 9.17) is 14.2 Å². The van der Waals surface area contributed by atoms with Crippen molar-refractivity contribution in [2.24, 2.45) is 10.9 Å². The van der Waals surface area contributed by atoms with E-state index in [1.54, 1.807) is 7.11 Å². The first-order valence-electron chi connectivity index (χ1n) is 11.6. The van der Waals surface area contributed by atoms with Gasteiger partial charge in [0.15, 0.2) is 17.5 Å². The molecule has 1 fully saturated rings. The van der Waals surface area contributed by atoms with Crippen LogP contribution in [0.15, 0.2) is 23.2 Å². The first-order chi connectivity index (χ1) is 15.1. The topological polar surface area (TPSA) is 58.6 Å². The Morgan fingerprint density at radius 2 is 1.90 bits per heavy atom. The number of nitrogens with one attached hydrogen (secondary N) is 1. The number of hydrogen-bond acceptors (Lipinski definition) is 5. The molecule has 1 aromatic rings. The molecule has 2 rings (SSSR count). The summed E-state index contributed by atoms with van der Waals surface area (Å²) < 4.78 is 17.0. The molecule has 1 aliphatic heterocycles. The van der Waals surface area contributed by atoms with Gasteiger partial charge in [0.25, 0.3) is 0 Å². The average molecular weight is 435 g/mol. The molecule has 1 aromatic carbocycles. The van der Waals surface area contributed by atoms with Crippen molar-refractivity contribution < 1.29 is 14.2 Å². The highest BCUT2D eigenvalue weighted by molar-refractivity contribution is 5.79. The van der Waals surface area contributed by atoms with Gasteiger partial charge in [-0.2, -0.15) is 0 Å². The quantitative estimate of drug-likeness (QED) is 0.403. The summed E-state index contributed by atoms with van der Waals surface area (Å²) in [7, 11) is 5.62. The number of benzene rings is 1. The third kappa shape index (κ3) is 8.57. The number of methoxy groups -OCH3 is 1. The molecule has 1 N–H and O–H groups in total. The fraction of sp³-hybridized carbons (Fsp3) is 0.708. The van der Waals surface area contributed by atoms with Crippen molar-refractivity contribution in [1.82, 2.24) is 15.1 Å². The number of likely N-dealkylation sites (N-methyl/N-ethyl adjacent to an activating group) is 1. The summed E-state index contributed by atoms with van der Waals surface area (Å²) in [6.07, 6.45) is 3.51. The molecule has 0 amide bonds. The van der Waals surface area contributed by atoms with Crippen LogP contribution in [0, 0.1) is 5.92 Å². The number of nitrogens with zero attached hydrogens (tertiary/aromatic N) is 3. The van der Waals surface area contributed by atoms with Crippen LogP contribution in [0.2, 0.25) is 0 Å². The van der Waals surface area contributed by atoms with E-state index in [1.807, 2.05) is 19.2 Å². The minimum absolute atomic E-state index is 0.653. The van der Waals surface area contributed by atoms with Gasteiger partial charge in [0.05, 0.1) is 7.11 Å². The lowest BCUT2D eigenvalue weighted by Gasteiger charge is -2.27. The highest BCUT2D eigenvalue weighted by Crippen LogP contribution is 2.28. The second-order valence-electron chi connectivity index (χ2n) is 8.03. The van der Waals surface area contributed by atoms with Crippen LogP contribution in [0.1, 0.15) is 38.7 Å². The lowest BCUT2D eigenvalue weighted by molar-refractivity contribution is 0.0625. The van der Waals surface area contributed by atoms with Gasteiger partial charge in [0.1, 0.15) is 6.61 Å². The molecule has 1 saturated heterocycles. The van der Waals surface area contributed by atoms with Gasteiger partial charge in [-0.3, -0.25) is 4.99 Å². The molecule has 1 aliphatic rings. The molecule has 7 heteroatoms. The van der Waals surface area contributed by atoms with E-state index in [-0.39, 0.29) is 0 Å². The standard InChI is InChI=1S/C24H42N4O3/c1-6-28(7-2)14-17-31-22-9-8-21(18-23(22)29-5)19-26-24(25-3)27(4)13-10-20-11-15-30-16-12-20/h8-9,18,20H,6-7,10-17,19H2,1-5H3,(H,25,26). The first-order valence-corrected chi connectivity index (χ1v) is 11.6. The lowest BCUT2D eigenvalue weighted by Crippen LogP contribution is -2.39. The highest BCUT2D eigenvalue weighted by atomic mass is 16.5. The molecule has 0 aromatic heterocycles. The van der Waals surface area contributed by atoms with Crippen LogP contribution >= 0.6 is 0 Å². The summed E-state index contributed by atoms with van der Waals surface area (Å²) >= 11 is 0. The minimum atomic E-state index is 0.653. The van der Waals surface area contributed by atoms with Crippen LogP contribution in [0.25, 0.3) is 0 Å². The fourth-order valence-electron chi connectivity index (χ4n) is 3.85. The third-order valence-electron chi connectivity index (χ3n) is 6.03. The zero-order valence-corrected chi connectivity index (χ0v) is 20.2. The molecule has 0 aliphatic carbocycles. The van der Waals surface area contributed by atoms with Crippen LogP contribution in [0.5, 0.6) is 11.5 Å². The highest BCUT2D eigenvalue weighted by Gasteiger charge is 2.15. The Labute approximate surface area is 188 Å². The number of rotatable bonds is 12. The smallest absolute Gasteiger partial charge is 0.193 e. The first kappa shape index (κ1) is 25.3. The number of hydrogen-bond donors (Lipinski definition) is 1. The summed E-state index contributed by atoms with van der Waals surface area (Å²) in [5.74, 6) is 3.22. The van der Waals surface area contributed by atoms with Crippen LogP contribution in [-0.4, -0.2) is 83.0 Å². The molecule has 1 heterocycles. The summed E-state index contributed by atoms with van der Waals surface area (Å²) in [5, 5.41) is 3.47.